The van der Waals surface area contributed by atoms with Crippen molar-refractivity contribution >= 4 is 11.9 Å². The average Bonchev–Trinajstić information content (AvgIpc) is 3.37. The monoisotopic (exact) mass is 617 g/mol. The first-order valence-corrected chi connectivity index (χ1v) is 18.8. The van der Waals surface area contributed by atoms with E-state index in [0.29, 0.717) is 11.1 Å². The van der Waals surface area contributed by atoms with Gasteiger partial charge in [-0.2, -0.15) is 0 Å². The predicted octanol–water partition coefficient (Wildman–Crippen LogP) is 11.7. The zero-order chi connectivity index (χ0) is 32.2. The lowest BCUT2D eigenvalue weighted by Crippen LogP contribution is -2.51. The topological polar surface area (TPSA) is 47.9 Å². The van der Waals surface area contributed by atoms with Gasteiger partial charge in [-0.15, -0.1) is 0 Å². The summed E-state index contributed by atoms with van der Waals surface area (Å²) in [6, 6.07) is 8.43. The molecule has 4 aliphatic carbocycles. The van der Waals surface area contributed by atoms with Crippen molar-refractivity contribution in [3.8, 4) is 0 Å². The van der Waals surface area contributed by atoms with Gasteiger partial charge in [-0.25, -0.2) is 4.79 Å². The molecule has 0 N–H and O–H groups in total. The Kier molecular flexibility index (Phi) is 11.2. The van der Waals surface area contributed by atoms with Crippen molar-refractivity contribution in [3.05, 3.63) is 47.0 Å². The van der Waals surface area contributed by atoms with E-state index in [1.165, 1.54) is 81.8 Å². The maximum Gasteiger partial charge on any atom is 0.535 e. The highest BCUT2D eigenvalue weighted by Gasteiger charge is 2.59. The van der Waals surface area contributed by atoms with Crippen molar-refractivity contribution in [2.75, 3.05) is 0 Å². The van der Waals surface area contributed by atoms with Crippen molar-refractivity contribution < 1.29 is 14.4 Å². The molecule has 0 spiro atoms. The third-order valence-electron chi connectivity index (χ3n) is 13.2. The lowest BCUT2D eigenvalue weighted by atomic mass is 9.47. The van der Waals surface area contributed by atoms with E-state index < -0.39 is 6.16 Å². The van der Waals surface area contributed by atoms with Crippen LogP contribution in [0.3, 0.4) is 0 Å². The van der Waals surface area contributed by atoms with Crippen molar-refractivity contribution in [1.82, 2.24) is 0 Å². The summed E-state index contributed by atoms with van der Waals surface area (Å²) in [5, 5.41) is 4.12. The fraction of sp³-hybridized carbons (Fsp3) is 0.756. The number of nitrogens with zero attached hydrogens (tertiary/aromatic N) is 1. The van der Waals surface area contributed by atoms with Crippen molar-refractivity contribution in [2.45, 2.75) is 151 Å². The van der Waals surface area contributed by atoms with Crippen molar-refractivity contribution in [3.63, 3.8) is 0 Å². The van der Waals surface area contributed by atoms with Gasteiger partial charge < -0.3 is 4.74 Å². The summed E-state index contributed by atoms with van der Waals surface area (Å²) >= 11 is 0. The van der Waals surface area contributed by atoms with E-state index in [4.69, 9.17) is 9.57 Å². The number of rotatable bonds is 12. The molecule has 1 aromatic rings. The van der Waals surface area contributed by atoms with Crippen LogP contribution in [-0.2, 0) is 16.0 Å². The second-order valence-electron chi connectivity index (χ2n) is 16.4. The fourth-order valence-electron chi connectivity index (χ4n) is 10.6. The Hall–Kier alpha value is -2.10. The number of hydrogen-bond acceptors (Lipinski definition) is 4. The van der Waals surface area contributed by atoms with E-state index >= 15 is 0 Å². The molecule has 0 bridgehead atoms. The van der Waals surface area contributed by atoms with E-state index in [9.17, 15) is 4.79 Å². The number of hydrogen-bond donors (Lipinski definition) is 0. The van der Waals surface area contributed by atoms with Crippen LogP contribution in [0.5, 0.6) is 0 Å². The standard InChI is InChI=1S/C41H63NO3/c1-8-9-10-14-31-15-17-32(18-16-31)30(5)42-45-39(43)44-34-23-25-40(6)33(27-34)19-20-35-37-22-21-36(29(4)13-11-12-28(2)3)41(37,7)26-24-38(35)40/h15-19,28-29,34-38H,8-14,20-27H2,1-7H3/b42-30-/t29-,34-,35+,36-,37+,38+,40-,41-/m0/s1. The van der Waals surface area contributed by atoms with Gasteiger partial charge in [-0.1, -0.05) is 115 Å². The molecule has 0 unspecified atom stereocenters. The number of allylic oxidation sites excluding steroid dienone is 1. The zero-order valence-electron chi connectivity index (χ0n) is 29.7. The quantitative estimate of drug-likeness (QED) is 0.0585. The SMILES string of the molecule is CCCCCc1ccc(/C(C)=N\OC(=O)O[C@H]2CC[C@@]3(C)C(=CC[C@@H]4[C@H]5CC[C@@H]([C@@H](C)CCCC(C)C)[C@]5(C)CC[C@H]43)C2)cc1. The van der Waals surface area contributed by atoms with Crippen LogP contribution in [0, 0.1) is 46.3 Å². The number of ether oxygens (including phenoxy) is 1. The summed E-state index contributed by atoms with van der Waals surface area (Å²) in [6.07, 6.45) is 20.4. The Bertz CT molecular complexity index is 1200. The van der Waals surface area contributed by atoms with Gasteiger partial charge in [0.05, 0.1) is 5.71 Å². The second kappa shape index (κ2) is 14.8. The van der Waals surface area contributed by atoms with Crippen molar-refractivity contribution in [1.29, 1.82) is 0 Å². The van der Waals surface area contributed by atoms with E-state index in [2.05, 4.69) is 77.0 Å². The predicted molar refractivity (Wildman–Crippen MR) is 186 cm³/mol. The molecule has 0 amide bonds. The molecule has 1 aromatic carbocycles. The van der Waals surface area contributed by atoms with E-state index in [1.54, 1.807) is 0 Å². The lowest BCUT2D eigenvalue weighted by Gasteiger charge is -2.58. The van der Waals surface area contributed by atoms with Gasteiger partial charge >= 0.3 is 6.16 Å². The first-order chi connectivity index (χ1) is 21.5. The summed E-state index contributed by atoms with van der Waals surface area (Å²) in [5.74, 6) is 5.01. The maximum atomic E-state index is 12.7. The van der Waals surface area contributed by atoms with Crippen LogP contribution in [0.15, 0.2) is 41.1 Å². The summed E-state index contributed by atoms with van der Waals surface area (Å²) in [4.78, 5) is 17.9. The molecule has 3 saturated carbocycles. The van der Waals surface area contributed by atoms with Crippen LogP contribution < -0.4 is 0 Å². The van der Waals surface area contributed by atoms with Gasteiger partial charge in [-0.3, -0.25) is 4.84 Å². The number of benzene rings is 1. The molecule has 0 radical (unpaired) electrons. The molecule has 45 heavy (non-hydrogen) atoms. The van der Waals surface area contributed by atoms with E-state index in [1.807, 2.05) is 6.92 Å². The number of unbranched alkanes of at least 4 members (excludes halogenated alkanes) is 2. The van der Waals surface area contributed by atoms with E-state index in [0.717, 1.165) is 66.8 Å². The maximum absolute atomic E-state index is 12.7. The van der Waals surface area contributed by atoms with Gasteiger partial charge in [0.2, 0.25) is 0 Å². The van der Waals surface area contributed by atoms with Crippen molar-refractivity contribution in [2.24, 2.45) is 51.5 Å². The van der Waals surface area contributed by atoms with Gasteiger partial charge in [0.25, 0.3) is 0 Å². The molecule has 4 heteroatoms. The summed E-state index contributed by atoms with van der Waals surface area (Å²) < 4.78 is 5.85. The third-order valence-corrected chi connectivity index (χ3v) is 13.2. The van der Waals surface area contributed by atoms with Crippen LogP contribution >= 0.6 is 0 Å². The first kappa shape index (κ1) is 34.2. The minimum absolute atomic E-state index is 0.123. The van der Waals surface area contributed by atoms with Gasteiger partial charge in [0, 0.05) is 6.42 Å². The first-order valence-electron chi connectivity index (χ1n) is 18.8. The number of carbonyl (C=O) groups excluding carboxylic acids is 1. The molecule has 5 rings (SSSR count). The molecular formula is C41H63NO3. The molecule has 250 valence electrons. The summed E-state index contributed by atoms with van der Waals surface area (Å²) in [7, 11) is 0. The largest absolute Gasteiger partial charge is 0.535 e. The molecule has 3 fully saturated rings. The van der Waals surface area contributed by atoms with Crippen LogP contribution in [0.4, 0.5) is 4.79 Å². The Morgan fingerprint density at radius 1 is 0.956 bits per heavy atom. The molecular weight excluding hydrogens is 554 g/mol. The molecule has 0 aromatic heterocycles. The molecule has 4 nitrogen and oxygen atoms in total. The fourth-order valence-corrected chi connectivity index (χ4v) is 10.6. The molecule has 0 aliphatic heterocycles. The number of oxime groups is 1. The van der Waals surface area contributed by atoms with E-state index in [-0.39, 0.29) is 11.5 Å². The van der Waals surface area contributed by atoms with Crippen LogP contribution in [0.2, 0.25) is 0 Å². The number of carbonyl (C=O) groups is 1. The minimum Gasteiger partial charge on any atom is -0.429 e. The number of fused-ring (bicyclic) bond motifs is 5. The third kappa shape index (κ3) is 7.57. The zero-order valence-corrected chi connectivity index (χ0v) is 29.7. The van der Waals surface area contributed by atoms with Gasteiger partial charge in [-0.05, 0) is 122 Å². The molecule has 4 aliphatic rings. The summed E-state index contributed by atoms with van der Waals surface area (Å²) in [5.41, 5.74) is 5.28. The van der Waals surface area contributed by atoms with Gasteiger partial charge in [0.15, 0.2) is 0 Å². The van der Waals surface area contributed by atoms with Gasteiger partial charge in [0.1, 0.15) is 6.10 Å². The number of aryl methyl sites for hydroxylation is 1. The van der Waals surface area contributed by atoms with Crippen LogP contribution in [-0.4, -0.2) is 18.0 Å². The highest BCUT2D eigenvalue weighted by Crippen LogP contribution is 2.67. The summed E-state index contributed by atoms with van der Waals surface area (Å²) in [6.45, 7) is 16.6. The molecule has 0 saturated heterocycles. The lowest BCUT2D eigenvalue weighted by molar-refractivity contribution is -0.0616. The smallest absolute Gasteiger partial charge is 0.429 e. The normalized spacial score (nSPS) is 33.6. The molecule has 0 heterocycles. The Morgan fingerprint density at radius 2 is 1.73 bits per heavy atom. The second-order valence-corrected chi connectivity index (χ2v) is 16.4. The van der Waals surface area contributed by atoms with Crippen LogP contribution in [0.1, 0.15) is 149 Å². The van der Waals surface area contributed by atoms with Crippen LogP contribution in [0.25, 0.3) is 0 Å². The Labute approximate surface area is 275 Å². The highest BCUT2D eigenvalue weighted by atomic mass is 16.8. The average molecular weight is 618 g/mol. The highest BCUT2D eigenvalue weighted by molar-refractivity contribution is 5.98. The molecule has 8 atom stereocenters. The Morgan fingerprint density at radius 3 is 2.47 bits per heavy atom. The minimum atomic E-state index is -0.679. The Balaban J connectivity index is 1.14.